The molecule has 1 atom stereocenters. The maximum absolute atomic E-state index is 12.3. The fourth-order valence-corrected chi connectivity index (χ4v) is 3.38. The van der Waals surface area contributed by atoms with Gasteiger partial charge in [-0.25, -0.2) is 0 Å². The predicted molar refractivity (Wildman–Crippen MR) is 85.3 cm³/mol. The summed E-state index contributed by atoms with van der Waals surface area (Å²) < 4.78 is 0. The van der Waals surface area contributed by atoms with Gasteiger partial charge < -0.3 is 5.73 Å². The molecule has 4 nitrogen and oxygen atoms in total. The summed E-state index contributed by atoms with van der Waals surface area (Å²) in [5.74, 6) is -0.729. The van der Waals surface area contributed by atoms with E-state index in [1.165, 1.54) is 5.56 Å². The molecule has 2 aromatic rings. The molecule has 0 spiro atoms. The summed E-state index contributed by atoms with van der Waals surface area (Å²) in [5, 5.41) is 3.24. The van der Waals surface area contributed by atoms with Crippen LogP contribution in [-0.2, 0) is 23.2 Å². The molecule has 1 aliphatic rings. The minimum Gasteiger partial charge on any atom is -0.367 e. The number of benzene rings is 2. The molecule has 3 rings (SSSR count). The molecule has 4 heteroatoms. The molecule has 0 saturated carbocycles. The summed E-state index contributed by atoms with van der Waals surface area (Å²) in [4.78, 5) is 24.1. The topological polar surface area (TPSA) is 72.5 Å². The maximum Gasteiger partial charge on any atom is 0.258 e. The number of amides is 1. The SMILES string of the molecule is NC(=O)C(N=O)(c1ccccc1)c1cccc2c1CCCC2. The number of hydrogen-bond donors (Lipinski definition) is 1. The molecule has 112 valence electrons. The summed E-state index contributed by atoms with van der Waals surface area (Å²) in [7, 11) is 0. The monoisotopic (exact) mass is 294 g/mol. The smallest absolute Gasteiger partial charge is 0.258 e. The molecular formula is C18H18N2O2. The van der Waals surface area contributed by atoms with E-state index in [9.17, 15) is 9.70 Å². The highest BCUT2D eigenvalue weighted by Crippen LogP contribution is 2.38. The van der Waals surface area contributed by atoms with Crippen molar-refractivity contribution >= 4 is 5.91 Å². The third-order valence-corrected chi connectivity index (χ3v) is 4.47. The van der Waals surface area contributed by atoms with E-state index in [1.807, 2.05) is 18.2 Å². The Kier molecular flexibility index (Phi) is 3.75. The van der Waals surface area contributed by atoms with Crippen LogP contribution in [0, 0.1) is 4.91 Å². The van der Waals surface area contributed by atoms with E-state index in [0.717, 1.165) is 31.2 Å². The highest BCUT2D eigenvalue weighted by molar-refractivity contribution is 5.91. The average Bonchev–Trinajstić information content (AvgIpc) is 2.57. The maximum atomic E-state index is 12.3. The standard InChI is InChI=1S/C18H18N2O2/c19-17(21)18(20-22,14-9-2-1-3-10-14)16-12-6-8-13-7-4-5-11-15(13)16/h1-3,6,8-10,12H,4-5,7,11H2,(H2,19,21). The number of primary amides is 1. The van der Waals surface area contributed by atoms with Crippen molar-refractivity contribution in [2.45, 2.75) is 31.2 Å². The van der Waals surface area contributed by atoms with Crippen LogP contribution in [0.25, 0.3) is 0 Å². The van der Waals surface area contributed by atoms with E-state index in [1.54, 1.807) is 24.3 Å². The van der Waals surface area contributed by atoms with Crippen LogP contribution < -0.4 is 5.73 Å². The third-order valence-electron chi connectivity index (χ3n) is 4.47. The van der Waals surface area contributed by atoms with Gasteiger partial charge in [-0.05, 0) is 47.6 Å². The average molecular weight is 294 g/mol. The first-order valence-electron chi connectivity index (χ1n) is 7.51. The van der Waals surface area contributed by atoms with Gasteiger partial charge in [0.15, 0.2) is 0 Å². The van der Waals surface area contributed by atoms with Crippen LogP contribution in [0.3, 0.4) is 0 Å². The van der Waals surface area contributed by atoms with E-state index in [4.69, 9.17) is 5.73 Å². The van der Waals surface area contributed by atoms with E-state index in [2.05, 4.69) is 11.2 Å². The van der Waals surface area contributed by atoms with Crippen molar-refractivity contribution in [2.24, 2.45) is 10.9 Å². The minimum absolute atomic E-state index is 0.525. The molecule has 2 aromatic carbocycles. The van der Waals surface area contributed by atoms with Crippen LogP contribution in [0.5, 0.6) is 0 Å². The number of nitroso groups, excluding NO2 is 1. The lowest BCUT2D eigenvalue weighted by Crippen LogP contribution is -2.41. The Morgan fingerprint density at radius 1 is 1.00 bits per heavy atom. The number of nitrogens with two attached hydrogens (primary N) is 1. The number of aryl methyl sites for hydroxylation is 1. The Morgan fingerprint density at radius 2 is 1.73 bits per heavy atom. The molecule has 2 N–H and O–H groups in total. The first-order chi connectivity index (χ1) is 10.7. The molecular weight excluding hydrogens is 276 g/mol. The number of hydrogen-bond acceptors (Lipinski definition) is 3. The molecule has 0 heterocycles. The third kappa shape index (κ3) is 2.11. The van der Waals surface area contributed by atoms with Gasteiger partial charge in [-0.3, -0.25) is 4.79 Å². The van der Waals surface area contributed by atoms with Crippen molar-refractivity contribution < 1.29 is 4.79 Å². The molecule has 0 aliphatic heterocycles. The first-order valence-corrected chi connectivity index (χ1v) is 7.51. The minimum atomic E-state index is -1.65. The summed E-state index contributed by atoms with van der Waals surface area (Å²) >= 11 is 0. The Morgan fingerprint density at radius 3 is 2.41 bits per heavy atom. The largest absolute Gasteiger partial charge is 0.367 e. The van der Waals surface area contributed by atoms with E-state index < -0.39 is 11.4 Å². The van der Waals surface area contributed by atoms with Gasteiger partial charge >= 0.3 is 0 Å². The molecule has 1 unspecified atom stereocenters. The van der Waals surface area contributed by atoms with Crippen LogP contribution in [0.4, 0.5) is 0 Å². The molecule has 1 amide bonds. The van der Waals surface area contributed by atoms with Crippen molar-refractivity contribution in [3.05, 3.63) is 75.7 Å². The zero-order valence-electron chi connectivity index (χ0n) is 12.3. The van der Waals surface area contributed by atoms with Gasteiger partial charge in [0, 0.05) is 5.56 Å². The number of fused-ring (bicyclic) bond motifs is 1. The number of carbonyl (C=O) groups is 1. The van der Waals surface area contributed by atoms with Crippen LogP contribution in [-0.4, -0.2) is 5.91 Å². The van der Waals surface area contributed by atoms with Crippen molar-refractivity contribution in [1.29, 1.82) is 0 Å². The van der Waals surface area contributed by atoms with Crippen molar-refractivity contribution in [3.8, 4) is 0 Å². The Bertz CT molecular complexity index is 712. The van der Waals surface area contributed by atoms with Gasteiger partial charge in [-0.15, -0.1) is 4.91 Å². The molecule has 22 heavy (non-hydrogen) atoms. The van der Waals surface area contributed by atoms with Gasteiger partial charge in [-0.2, -0.15) is 0 Å². The molecule has 0 saturated heterocycles. The predicted octanol–water partition coefficient (Wildman–Crippen LogP) is 3.06. The number of carbonyl (C=O) groups excluding carboxylic acids is 1. The molecule has 0 radical (unpaired) electrons. The zero-order chi connectivity index (χ0) is 15.6. The van der Waals surface area contributed by atoms with Crippen molar-refractivity contribution in [1.82, 2.24) is 0 Å². The fourth-order valence-electron chi connectivity index (χ4n) is 3.38. The van der Waals surface area contributed by atoms with E-state index in [-0.39, 0.29) is 0 Å². The Hall–Kier alpha value is -2.49. The number of rotatable bonds is 4. The van der Waals surface area contributed by atoms with Crippen LogP contribution in [0.15, 0.2) is 53.7 Å². The van der Waals surface area contributed by atoms with Crippen molar-refractivity contribution in [3.63, 3.8) is 0 Å². The second kappa shape index (κ2) is 5.72. The molecule has 0 bridgehead atoms. The fraction of sp³-hybridized carbons (Fsp3) is 0.278. The summed E-state index contributed by atoms with van der Waals surface area (Å²) in [6, 6.07) is 14.6. The zero-order valence-corrected chi connectivity index (χ0v) is 12.3. The highest BCUT2D eigenvalue weighted by atomic mass is 16.3. The lowest BCUT2D eigenvalue weighted by Gasteiger charge is -2.29. The molecule has 0 fully saturated rings. The van der Waals surface area contributed by atoms with Gasteiger partial charge in [0.05, 0.1) is 0 Å². The Labute approximate surface area is 129 Å². The summed E-state index contributed by atoms with van der Waals surface area (Å²) in [5.41, 5.74) is 7.40. The summed E-state index contributed by atoms with van der Waals surface area (Å²) in [6.07, 6.45) is 3.99. The van der Waals surface area contributed by atoms with Gasteiger partial charge in [0.2, 0.25) is 5.54 Å². The van der Waals surface area contributed by atoms with Crippen molar-refractivity contribution in [2.75, 3.05) is 0 Å². The lowest BCUT2D eigenvalue weighted by atomic mass is 9.76. The van der Waals surface area contributed by atoms with Crippen LogP contribution in [0.1, 0.15) is 35.1 Å². The molecule has 0 aromatic heterocycles. The van der Waals surface area contributed by atoms with Gasteiger partial charge in [0.25, 0.3) is 5.91 Å². The van der Waals surface area contributed by atoms with Crippen LogP contribution >= 0.6 is 0 Å². The highest BCUT2D eigenvalue weighted by Gasteiger charge is 2.44. The first kappa shape index (κ1) is 14.4. The summed E-state index contributed by atoms with van der Waals surface area (Å²) in [6.45, 7) is 0. The van der Waals surface area contributed by atoms with E-state index in [0.29, 0.717) is 11.1 Å². The number of nitrogens with zero attached hydrogens (tertiary/aromatic N) is 1. The second-order valence-electron chi connectivity index (χ2n) is 5.68. The van der Waals surface area contributed by atoms with Gasteiger partial charge in [-0.1, -0.05) is 48.5 Å². The van der Waals surface area contributed by atoms with Gasteiger partial charge in [0.1, 0.15) is 0 Å². The lowest BCUT2D eigenvalue weighted by molar-refractivity contribution is -0.122. The van der Waals surface area contributed by atoms with E-state index >= 15 is 0 Å². The second-order valence-corrected chi connectivity index (χ2v) is 5.68. The van der Waals surface area contributed by atoms with Crippen LogP contribution in [0.2, 0.25) is 0 Å². The normalized spacial score (nSPS) is 16.4. The molecule has 1 aliphatic carbocycles. The quantitative estimate of drug-likeness (QED) is 0.880. The Balaban J connectivity index is 2.29.